The van der Waals surface area contributed by atoms with Gasteiger partial charge in [-0.25, -0.2) is 18.0 Å². The summed E-state index contributed by atoms with van der Waals surface area (Å²) in [6.07, 6.45) is 0. The average Bonchev–Trinajstić information content (AvgIpc) is 2.75. The van der Waals surface area contributed by atoms with Gasteiger partial charge in [-0.1, -0.05) is 60.7 Å². The molecule has 0 fully saturated rings. The zero-order valence-electron chi connectivity index (χ0n) is 15.6. The Hall–Kier alpha value is -4.47. The fourth-order valence-corrected chi connectivity index (χ4v) is 5.31. The number of carbonyl (C=O) groups is 2. The van der Waals surface area contributed by atoms with Crippen LogP contribution in [0.25, 0.3) is 9.81 Å². The molecule has 0 radical (unpaired) electrons. The highest BCUT2D eigenvalue weighted by molar-refractivity contribution is 8.09. The quantitative estimate of drug-likeness (QED) is 0.698. The minimum Gasteiger partial charge on any atom is -0.478 e. The number of allylic oxidation sites excluding steroid dienone is 1. The molecule has 3 rings (SSSR count). The number of hydrogen-bond donors (Lipinski definition) is 2. The topological polar surface area (TPSA) is 156 Å². The SMILES string of the molecule is N#CC(C#N)=C1C(C(=O)O)=C(c2ccccc2)S(=O)(=O)C(c2ccccc2)=C1C(=O)O. The second-order valence-electron chi connectivity index (χ2n) is 6.23. The maximum atomic E-state index is 13.7. The van der Waals surface area contributed by atoms with Crippen LogP contribution in [0.1, 0.15) is 11.1 Å². The van der Waals surface area contributed by atoms with Gasteiger partial charge >= 0.3 is 11.9 Å². The summed E-state index contributed by atoms with van der Waals surface area (Å²) in [6.45, 7) is 0. The molecule has 1 aliphatic rings. The van der Waals surface area contributed by atoms with Gasteiger partial charge < -0.3 is 10.2 Å². The van der Waals surface area contributed by atoms with Crippen LogP contribution in [-0.4, -0.2) is 30.6 Å². The Morgan fingerprint density at radius 2 is 1.06 bits per heavy atom. The van der Waals surface area contributed by atoms with E-state index in [1.54, 1.807) is 12.1 Å². The maximum Gasteiger partial charge on any atom is 0.337 e. The van der Waals surface area contributed by atoms with Gasteiger partial charge in [-0.15, -0.1) is 0 Å². The van der Waals surface area contributed by atoms with Gasteiger partial charge in [0.2, 0.25) is 9.84 Å². The monoisotopic (exact) mass is 432 g/mol. The summed E-state index contributed by atoms with van der Waals surface area (Å²) in [5, 5.41) is 38.6. The number of carboxylic acids is 2. The molecule has 0 spiro atoms. The van der Waals surface area contributed by atoms with E-state index < -0.39 is 53.9 Å². The number of carboxylic acid groups (broad SMARTS) is 2. The van der Waals surface area contributed by atoms with E-state index in [0.717, 1.165) is 0 Å². The van der Waals surface area contributed by atoms with E-state index in [2.05, 4.69) is 0 Å². The highest BCUT2D eigenvalue weighted by atomic mass is 32.2. The summed E-state index contributed by atoms with van der Waals surface area (Å²) in [6, 6.07) is 17.5. The van der Waals surface area contributed by atoms with E-state index >= 15 is 0 Å². The smallest absolute Gasteiger partial charge is 0.337 e. The van der Waals surface area contributed by atoms with Gasteiger partial charge in [-0.3, -0.25) is 0 Å². The number of aliphatic carboxylic acids is 2. The third-order valence-corrected chi connectivity index (χ3v) is 6.42. The lowest BCUT2D eigenvalue weighted by atomic mass is 9.89. The minimum absolute atomic E-state index is 0.0227. The predicted octanol–water partition coefficient (Wildman–Crippen LogP) is 2.75. The van der Waals surface area contributed by atoms with Gasteiger partial charge in [0.15, 0.2) is 0 Å². The summed E-state index contributed by atoms with van der Waals surface area (Å²) in [7, 11) is -4.70. The Bertz CT molecular complexity index is 1290. The van der Waals surface area contributed by atoms with E-state index in [-0.39, 0.29) is 11.1 Å². The molecular formula is C22H12N2O6S. The number of benzene rings is 2. The van der Waals surface area contributed by atoms with E-state index in [1.807, 2.05) is 0 Å². The van der Waals surface area contributed by atoms with Crippen molar-refractivity contribution in [3.05, 3.63) is 94.1 Å². The zero-order valence-corrected chi connectivity index (χ0v) is 16.4. The third kappa shape index (κ3) is 3.50. The van der Waals surface area contributed by atoms with Crippen molar-refractivity contribution in [2.75, 3.05) is 0 Å². The Balaban J connectivity index is 2.67. The van der Waals surface area contributed by atoms with Crippen molar-refractivity contribution in [2.45, 2.75) is 0 Å². The molecule has 0 unspecified atom stereocenters. The highest BCUT2D eigenvalue weighted by Gasteiger charge is 2.44. The number of nitriles is 2. The van der Waals surface area contributed by atoms with Crippen LogP contribution < -0.4 is 0 Å². The summed E-state index contributed by atoms with van der Waals surface area (Å²) in [4.78, 5) is 23.0. The van der Waals surface area contributed by atoms with Crippen molar-refractivity contribution >= 4 is 31.6 Å². The largest absolute Gasteiger partial charge is 0.478 e. The molecule has 0 amide bonds. The Labute approximate surface area is 176 Å². The summed E-state index contributed by atoms with van der Waals surface area (Å²) in [5.74, 6) is -3.57. The molecule has 0 aromatic heterocycles. The minimum atomic E-state index is -4.70. The van der Waals surface area contributed by atoms with Crippen LogP contribution in [0.4, 0.5) is 0 Å². The van der Waals surface area contributed by atoms with Crippen LogP contribution in [0.2, 0.25) is 0 Å². The molecule has 1 aliphatic heterocycles. The first-order valence-electron chi connectivity index (χ1n) is 8.62. The molecule has 2 N–H and O–H groups in total. The van der Waals surface area contributed by atoms with E-state index in [0.29, 0.717) is 0 Å². The van der Waals surface area contributed by atoms with Crippen molar-refractivity contribution in [3.8, 4) is 12.1 Å². The molecule has 2 aromatic rings. The molecule has 8 nitrogen and oxygen atoms in total. The molecule has 31 heavy (non-hydrogen) atoms. The van der Waals surface area contributed by atoms with Crippen LogP contribution in [0, 0.1) is 22.7 Å². The lowest BCUT2D eigenvalue weighted by molar-refractivity contribution is -0.132. The highest BCUT2D eigenvalue weighted by Crippen LogP contribution is 2.47. The Morgan fingerprint density at radius 3 is 1.35 bits per heavy atom. The van der Waals surface area contributed by atoms with E-state index in [1.165, 1.54) is 60.7 Å². The first kappa shape index (κ1) is 21.2. The maximum absolute atomic E-state index is 13.7. The fraction of sp³-hybridized carbons (Fsp3) is 0. The standard InChI is InChI=1S/C22H12N2O6S/c23-11-15(12-24)16-17(21(25)26)19(13-7-3-1-4-8-13)31(29,30)20(18(16)22(27)28)14-9-5-2-6-10-14/h1-10H,(H,25,26)(H,27,28). The third-order valence-electron chi connectivity index (χ3n) is 4.46. The molecule has 0 bridgehead atoms. The van der Waals surface area contributed by atoms with E-state index in [4.69, 9.17) is 0 Å². The van der Waals surface area contributed by atoms with Crippen molar-refractivity contribution in [2.24, 2.45) is 0 Å². The second kappa shape index (κ2) is 8.11. The molecular weight excluding hydrogens is 420 g/mol. The first-order chi connectivity index (χ1) is 14.8. The van der Waals surface area contributed by atoms with Gasteiger partial charge in [-0.2, -0.15) is 10.5 Å². The summed E-state index contributed by atoms with van der Waals surface area (Å²) in [5.41, 5.74) is -3.51. The molecule has 1 heterocycles. The van der Waals surface area contributed by atoms with Crippen LogP contribution >= 0.6 is 0 Å². The number of nitrogens with zero attached hydrogens (tertiary/aromatic N) is 2. The van der Waals surface area contributed by atoms with Gasteiger partial charge in [0.05, 0.1) is 21.0 Å². The van der Waals surface area contributed by atoms with Crippen molar-refractivity contribution < 1.29 is 28.2 Å². The molecule has 0 saturated heterocycles. The van der Waals surface area contributed by atoms with Crippen molar-refractivity contribution in [3.63, 3.8) is 0 Å². The van der Waals surface area contributed by atoms with Crippen molar-refractivity contribution in [1.29, 1.82) is 10.5 Å². The summed E-state index contributed by atoms with van der Waals surface area (Å²) >= 11 is 0. The number of sulfone groups is 1. The number of rotatable bonds is 4. The van der Waals surface area contributed by atoms with Gasteiger partial charge in [-0.05, 0) is 11.1 Å². The first-order valence-corrected chi connectivity index (χ1v) is 10.1. The lowest BCUT2D eigenvalue weighted by Crippen LogP contribution is -2.25. The average molecular weight is 432 g/mol. The van der Waals surface area contributed by atoms with Crippen molar-refractivity contribution in [1.82, 2.24) is 0 Å². The molecule has 2 aromatic carbocycles. The predicted molar refractivity (Wildman–Crippen MR) is 109 cm³/mol. The molecule has 9 heteroatoms. The molecule has 0 aliphatic carbocycles. The zero-order chi connectivity index (χ0) is 22.8. The number of hydrogen-bond acceptors (Lipinski definition) is 6. The Kier molecular flexibility index (Phi) is 5.56. The lowest BCUT2D eigenvalue weighted by Gasteiger charge is -2.25. The molecule has 0 atom stereocenters. The molecule has 0 saturated carbocycles. The molecule has 152 valence electrons. The van der Waals surface area contributed by atoms with Gasteiger partial charge in [0, 0.05) is 5.57 Å². The van der Waals surface area contributed by atoms with Crippen LogP contribution in [0.15, 0.2) is 83.0 Å². The fourth-order valence-electron chi connectivity index (χ4n) is 3.30. The van der Waals surface area contributed by atoms with Gasteiger partial charge in [0.1, 0.15) is 17.7 Å². The van der Waals surface area contributed by atoms with Crippen LogP contribution in [0.3, 0.4) is 0 Å². The van der Waals surface area contributed by atoms with E-state index in [9.17, 15) is 38.7 Å². The normalized spacial score (nSPS) is 15.1. The second-order valence-corrected chi connectivity index (χ2v) is 8.05. The Morgan fingerprint density at radius 1 is 0.710 bits per heavy atom. The van der Waals surface area contributed by atoms with Crippen LogP contribution in [-0.2, 0) is 19.4 Å². The van der Waals surface area contributed by atoms with Gasteiger partial charge in [0.25, 0.3) is 0 Å². The summed E-state index contributed by atoms with van der Waals surface area (Å²) < 4.78 is 27.3. The van der Waals surface area contributed by atoms with Crippen LogP contribution in [0.5, 0.6) is 0 Å².